The van der Waals surface area contributed by atoms with Crippen LogP contribution in [0.15, 0.2) is 12.1 Å². The van der Waals surface area contributed by atoms with Gasteiger partial charge in [0.2, 0.25) is 0 Å². The van der Waals surface area contributed by atoms with Gasteiger partial charge in [0, 0.05) is 60.1 Å². The third-order valence-corrected chi connectivity index (χ3v) is 8.22. The van der Waals surface area contributed by atoms with Crippen LogP contribution in [-0.4, -0.2) is 51.0 Å². The van der Waals surface area contributed by atoms with Gasteiger partial charge in [-0.25, -0.2) is 4.98 Å². The van der Waals surface area contributed by atoms with Crippen molar-refractivity contribution in [1.82, 2.24) is 19.7 Å². The summed E-state index contributed by atoms with van der Waals surface area (Å²) in [5, 5.41) is 3.83. The van der Waals surface area contributed by atoms with Crippen molar-refractivity contribution in [2.75, 3.05) is 19.6 Å². The molecule has 0 unspecified atom stereocenters. The smallest absolute Gasteiger partial charge is 0.254 e. The molecule has 1 aliphatic heterocycles. The first-order valence-corrected chi connectivity index (χ1v) is 12.1. The molecule has 2 aliphatic rings. The van der Waals surface area contributed by atoms with E-state index in [-0.39, 0.29) is 35.4 Å². The predicted octanol–water partition coefficient (Wildman–Crippen LogP) is 5.09. The number of likely N-dealkylation sites (tertiary alicyclic amines) is 1. The van der Waals surface area contributed by atoms with Crippen molar-refractivity contribution in [1.29, 1.82) is 0 Å². The first kappa shape index (κ1) is 13.0. The number of nitrogens with zero attached hydrogens (tertiary/aromatic N) is 4. The second kappa shape index (κ2) is 8.43. The third kappa shape index (κ3) is 4.15. The lowest BCUT2D eigenvalue weighted by atomic mass is 9.68. The second-order valence-electron chi connectivity index (χ2n) is 10.3. The molecule has 2 aromatic heterocycles. The topological polar surface area (TPSA) is 77.3 Å². The molecule has 186 valence electrons. The van der Waals surface area contributed by atoms with Gasteiger partial charge in [-0.15, -0.1) is 11.3 Å². The van der Waals surface area contributed by atoms with Gasteiger partial charge in [0.15, 0.2) is 5.78 Å². The van der Waals surface area contributed by atoms with E-state index in [0.29, 0.717) is 25.0 Å². The highest BCUT2D eigenvalue weighted by atomic mass is 32.1. The Morgan fingerprint density at radius 3 is 2.80 bits per heavy atom. The number of ketones is 1. The standard InChI is InChI=1S/C27H34N4O3S/c1-7-34-20-13-17(12-18-16(2)29-30(6)23(18)20)24(33)31-10-8-27(9-11-31)14-19(32)22-21(15-27)35-25(28-22)26(3,4)5/h12-13H,7-11,14-15H2,1-6H3/i1D3,2D3,6D3,7D2,12D,13D. The molecule has 1 aliphatic carbocycles. The number of aromatic nitrogens is 3. The Labute approximate surface area is 228 Å². The molecule has 35 heavy (non-hydrogen) atoms. The molecular weight excluding hydrogens is 460 g/mol. The number of benzene rings is 1. The summed E-state index contributed by atoms with van der Waals surface area (Å²) in [6.45, 7) is -7.13. The van der Waals surface area contributed by atoms with Crippen LogP contribution in [0.4, 0.5) is 0 Å². The molecule has 3 heterocycles. The molecule has 0 atom stereocenters. The Bertz CT molecular complexity index is 1810. The van der Waals surface area contributed by atoms with Gasteiger partial charge in [0.05, 0.1) is 22.7 Å². The molecule has 1 amide bonds. The molecule has 0 saturated carbocycles. The lowest BCUT2D eigenvalue weighted by molar-refractivity contribution is 0.0522. The van der Waals surface area contributed by atoms with Crippen molar-refractivity contribution in [2.45, 2.75) is 65.6 Å². The Morgan fingerprint density at radius 2 is 2.11 bits per heavy atom. The monoisotopic (exact) mass is 507 g/mol. The van der Waals surface area contributed by atoms with Crippen molar-refractivity contribution in [3.8, 4) is 5.75 Å². The van der Waals surface area contributed by atoms with E-state index >= 15 is 0 Å². The number of hydrogen-bond acceptors (Lipinski definition) is 6. The Kier molecular flexibility index (Phi) is 3.13. The number of Topliss-reactive ketones (excluding diaryl/α,β-unsaturated/α-hetero) is 1. The number of thiazole rings is 1. The maximum Gasteiger partial charge on any atom is 0.254 e. The van der Waals surface area contributed by atoms with E-state index in [9.17, 15) is 9.59 Å². The van der Waals surface area contributed by atoms with E-state index in [4.69, 9.17) is 22.6 Å². The molecule has 1 fully saturated rings. The molecule has 5 rings (SSSR count). The number of carbonyl (C=O) groups excluding carboxylic acids is 2. The van der Waals surface area contributed by atoms with E-state index in [1.165, 1.54) is 16.2 Å². The van der Waals surface area contributed by atoms with E-state index in [0.717, 1.165) is 9.88 Å². The summed E-state index contributed by atoms with van der Waals surface area (Å²) < 4.78 is 110. The lowest BCUT2D eigenvalue weighted by Crippen LogP contribution is -2.46. The Morgan fingerprint density at radius 1 is 1.31 bits per heavy atom. The summed E-state index contributed by atoms with van der Waals surface area (Å²) >= 11 is 1.50. The molecule has 0 radical (unpaired) electrons. The summed E-state index contributed by atoms with van der Waals surface area (Å²) in [5.74, 6) is -2.05. The lowest BCUT2D eigenvalue weighted by Gasteiger charge is -2.43. The molecule has 3 aromatic rings. The van der Waals surface area contributed by atoms with Crippen molar-refractivity contribution in [2.24, 2.45) is 12.4 Å². The van der Waals surface area contributed by atoms with Crippen LogP contribution in [0.25, 0.3) is 10.9 Å². The van der Waals surface area contributed by atoms with Crippen LogP contribution >= 0.6 is 11.3 Å². The number of carbonyl (C=O) groups is 2. The zero-order chi connectivity index (χ0) is 36.2. The number of fused-ring (bicyclic) bond motifs is 2. The molecular formula is C27H34N4O3S. The minimum atomic E-state index is -3.53. The van der Waals surface area contributed by atoms with Gasteiger partial charge in [-0.2, -0.15) is 5.10 Å². The van der Waals surface area contributed by atoms with Crippen molar-refractivity contribution in [3.63, 3.8) is 0 Å². The zero-order valence-electron chi connectivity index (χ0n) is 32.7. The van der Waals surface area contributed by atoms with E-state index in [1.54, 1.807) is 0 Å². The summed E-state index contributed by atoms with van der Waals surface area (Å²) in [6, 6.07) is -1.84. The maximum atomic E-state index is 14.1. The SMILES string of the molecule is [2H]c1c(C(=O)N2CCC3(CC2)CC(=O)c2nc(C(C)(C)C)sc2C3)c([2H])c2c(C([2H])([2H])[2H])nn(C([2H])([2H])[2H])c2c1OC([2H])([2H])C([2H])([2H])[2H]. The van der Waals surface area contributed by atoms with Crippen molar-refractivity contribution in [3.05, 3.63) is 38.9 Å². The normalized spacial score (nSPS) is 24.7. The highest BCUT2D eigenvalue weighted by Crippen LogP contribution is 2.46. The molecule has 0 bridgehead atoms. The molecule has 1 aromatic carbocycles. The van der Waals surface area contributed by atoms with Gasteiger partial charge in [-0.05, 0) is 50.5 Å². The van der Waals surface area contributed by atoms with E-state index in [2.05, 4.69) is 10.1 Å². The second-order valence-corrected chi connectivity index (χ2v) is 11.3. The number of aryl methyl sites for hydroxylation is 2. The number of ether oxygens (including phenoxy) is 1. The average molecular weight is 508 g/mol. The summed E-state index contributed by atoms with van der Waals surface area (Å²) in [4.78, 5) is 34.1. The van der Waals surface area contributed by atoms with Crippen LogP contribution < -0.4 is 4.74 Å². The van der Waals surface area contributed by atoms with Gasteiger partial charge in [0.25, 0.3) is 5.91 Å². The van der Waals surface area contributed by atoms with Gasteiger partial charge < -0.3 is 9.64 Å². The van der Waals surface area contributed by atoms with E-state index in [1.807, 2.05) is 20.8 Å². The number of piperidine rings is 1. The Balaban J connectivity index is 1.58. The van der Waals surface area contributed by atoms with Gasteiger partial charge in [-0.3, -0.25) is 14.3 Å². The first-order chi connectivity index (χ1) is 21.7. The molecule has 1 saturated heterocycles. The minimum absolute atomic E-state index is 0.0797. The molecule has 0 N–H and O–H groups in total. The summed E-state index contributed by atoms with van der Waals surface area (Å²) in [5.41, 5.74) is -2.69. The fourth-order valence-corrected chi connectivity index (χ4v) is 6.15. The fraction of sp³-hybridized carbons (Fsp3) is 0.556. The minimum Gasteiger partial charge on any atom is -0.492 e. The highest BCUT2D eigenvalue weighted by Gasteiger charge is 2.44. The van der Waals surface area contributed by atoms with Crippen molar-refractivity contribution >= 4 is 33.9 Å². The third-order valence-electron chi connectivity index (χ3n) is 6.74. The molecule has 7 nitrogen and oxygen atoms in total. The number of rotatable bonds is 3. The van der Waals surface area contributed by atoms with Crippen LogP contribution in [0, 0.1) is 12.3 Å². The zero-order valence-corrected chi connectivity index (χ0v) is 20.5. The van der Waals surface area contributed by atoms with Gasteiger partial charge in [0.1, 0.15) is 17.0 Å². The summed E-state index contributed by atoms with van der Waals surface area (Å²) in [6.07, 6.45) is 1.59. The van der Waals surface area contributed by atoms with Crippen LogP contribution in [0.1, 0.15) is 101 Å². The largest absolute Gasteiger partial charge is 0.492 e. The van der Waals surface area contributed by atoms with Crippen LogP contribution in [0.5, 0.6) is 5.75 Å². The van der Waals surface area contributed by atoms with Crippen LogP contribution in [0.3, 0.4) is 0 Å². The van der Waals surface area contributed by atoms with Gasteiger partial charge >= 0.3 is 0 Å². The van der Waals surface area contributed by atoms with Crippen molar-refractivity contribution < 1.29 is 32.1 Å². The van der Waals surface area contributed by atoms with Crippen LogP contribution in [-0.2, 0) is 18.8 Å². The van der Waals surface area contributed by atoms with E-state index < -0.39 is 78.6 Å². The highest BCUT2D eigenvalue weighted by molar-refractivity contribution is 7.12. The maximum absolute atomic E-state index is 14.1. The number of amides is 1. The number of hydrogen-bond donors (Lipinski definition) is 0. The molecule has 8 heteroatoms. The van der Waals surface area contributed by atoms with Crippen LogP contribution in [0.2, 0.25) is 0 Å². The summed E-state index contributed by atoms with van der Waals surface area (Å²) in [7, 11) is 0. The average Bonchev–Trinajstić information content (AvgIpc) is 3.54. The first-order valence-electron chi connectivity index (χ1n) is 17.8. The molecule has 1 spiro atoms. The van der Waals surface area contributed by atoms with Gasteiger partial charge in [-0.1, -0.05) is 20.8 Å². The Hall–Kier alpha value is -2.74. The fourth-order valence-electron chi connectivity index (χ4n) is 4.84. The predicted molar refractivity (Wildman–Crippen MR) is 138 cm³/mol. The quantitative estimate of drug-likeness (QED) is 0.494.